The summed E-state index contributed by atoms with van der Waals surface area (Å²) >= 11 is 0. The normalized spacial score (nSPS) is 16.2. The monoisotopic (exact) mass is 393 g/mol. The van der Waals surface area contributed by atoms with Crippen LogP contribution in [0.25, 0.3) is 10.9 Å². The highest BCUT2D eigenvalue weighted by Gasteiger charge is 2.18. The third kappa shape index (κ3) is 4.14. The van der Waals surface area contributed by atoms with Gasteiger partial charge in [0.1, 0.15) is 6.54 Å². The smallest absolute Gasteiger partial charge is 0.332 e. The molecule has 0 saturated carbocycles. The van der Waals surface area contributed by atoms with E-state index in [0.717, 1.165) is 25.0 Å². The average Bonchev–Trinajstić information content (AvgIpc) is 3.27. The van der Waals surface area contributed by atoms with Crippen molar-refractivity contribution in [1.29, 1.82) is 0 Å². The van der Waals surface area contributed by atoms with Crippen LogP contribution in [-0.2, 0) is 22.6 Å². The Bertz CT molecular complexity index is 1130. The first-order valence-corrected chi connectivity index (χ1v) is 9.78. The van der Waals surface area contributed by atoms with Crippen molar-refractivity contribution < 1.29 is 9.53 Å². The molecule has 1 fully saturated rings. The number of carbonyl (C=O) groups excluding carboxylic acids is 1. The number of rotatable bonds is 6. The van der Waals surface area contributed by atoms with Gasteiger partial charge in [0.15, 0.2) is 0 Å². The maximum Gasteiger partial charge on any atom is 0.332 e. The molecule has 1 aliphatic rings. The Morgan fingerprint density at radius 2 is 1.79 bits per heavy atom. The van der Waals surface area contributed by atoms with Gasteiger partial charge in [-0.3, -0.25) is 18.7 Å². The molecular formula is C22H23N3O4. The van der Waals surface area contributed by atoms with E-state index in [1.54, 1.807) is 24.3 Å². The van der Waals surface area contributed by atoms with Crippen LogP contribution in [0.4, 0.5) is 0 Å². The Labute approximate surface area is 167 Å². The molecule has 2 heterocycles. The van der Waals surface area contributed by atoms with Crippen molar-refractivity contribution in [3.05, 3.63) is 81.0 Å². The number of fused-ring (bicyclic) bond motifs is 1. The highest BCUT2D eigenvalue weighted by molar-refractivity contribution is 5.81. The Kier molecular flexibility index (Phi) is 5.57. The van der Waals surface area contributed by atoms with Crippen molar-refractivity contribution in [2.24, 2.45) is 0 Å². The number of benzene rings is 2. The van der Waals surface area contributed by atoms with E-state index in [1.165, 1.54) is 9.13 Å². The van der Waals surface area contributed by atoms with Gasteiger partial charge in [0.2, 0.25) is 5.91 Å². The van der Waals surface area contributed by atoms with Crippen LogP contribution in [0.3, 0.4) is 0 Å². The summed E-state index contributed by atoms with van der Waals surface area (Å²) in [6.45, 7) is 1.15. The molecule has 4 rings (SSSR count). The lowest BCUT2D eigenvalue weighted by atomic mass is 10.2. The number of aromatic nitrogens is 2. The molecule has 0 aliphatic carbocycles. The van der Waals surface area contributed by atoms with Gasteiger partial charge in [-0.2, -0.15) is 0 Å². The highest BCUT2D eigenvalue weighted by atomic mass is 16.5. The summed E-state index contributed by atoms with van der Waals surface area (Å²) in [5.74, 6) is -0.280. The first-order chi connectivity index (χ1) is 14.1. The summed E-state index contributed by atoms with van der Waals surface area (Å²) in [5, 5.41) is 3.25. The molecule has 1 saturated heterocycles. The van der Waals surface area contributed by atoms with Gasteiger partial charge in [-0.1, -0.05) is 42.5 Å². The van der Waals surface area contributed by atoms with E-state index in [0.29, 0.717) is 17.4 Å². The van der Waals surface area contributed by atoms with Gasteiger partial charge in [-0.05, 0) is 30.5 Å². The van der Waals surface area contributed by atoms with E-state index in [9.17, 15) is 14.4 Å². The summed E-state index contributed by atoms with van der Waals surface area (Å²) in [7, 11) is 0. The molecule has 29 heavy (non-hydrogen) atoms. The third-order valence-electron chi connectivity index (χ3n) is 5.17. The second-order valence-electron chi connectivity index (χ2n) is 7.20. The summed E-state index contributed by atoms with van der Waals surface area (Å²) < 4.78 is 8.07. The fourth-order valence-corrected chi connectivity index (χ4v) is 3.66. The van der Waals surface area contributed by atoms with Crippen LogP contribution in [0.1, 0.15) is 18.4 Å². The molecule has 0 spiro atoms. The van der Waals surface area contributed by atoms with E-state index in [-0.39, 0.29) is 30.7 Å². The van der Waals surface area contributed by atoms with Crippen LogP contribution >= 0.6 is 0 Å². The summed E-state index contributed by atoms with van der Waals surface area (Å²) in [5.41, 5.74) is 0.450. The lowest BCUT2D eigenvalue weighted by Gasteiger charge is -2.15. The first-order valence-electron chi connectivity index (χ1n) is 9.78. The van der Waals surface area contributed by atoms with E-state index in [4.69, 9.17) is 4.74 Å². The molecule has 150 valence electrons. The van der Waals surface area contributed by atoms with E-state index in [2.05, 4.69) is 5.32 Å². The maximum atomic E-state index is 13.1. The van der Waals surface area contributed by atoms with E-state index in [1.807, 2.05) is 30.3 Å². The third-order valence-corrected chi connectivity index (χ3v) is 5.17. The van der Waals surface area contributed by atoms with Crippen molar-refractivity contribution in [3.8, 4) is 0 Å². The molecule has 1 aromatic heterocycles. The summed E-state index contributed by atoms with van der Waals surface area (Å²) in [6.07, 6.45) is 1.94. The number of nitrogens with one attached hydrogen (secondary N) is 1. The van der Waals surface area contributed by atoms with Gasteiger partial charge in [0.25, 0.3) is 5.56 Å². The molecule has 2 aromatic carbocycles. The molecule has 1 N–H and O–H groups in total. The van der Waals surface area contributed by atoms with Gasteiger partial charge in [-0.25, -0.2) is 4.79 Å². The van der Waals surface area contributed by atoms with E-state index >= 15 is 0 Å². The van der Waals surface area contributed by atoms with Crippen molar-refractivity contribution in [2.45, 2.75) is 32.0 Å². The van der Waals surface area contributed by atoms with Gasteiger partial charge in [0.05, 0.1) is 23.6 Å². The van der Waals surface area contributed by atoms with Crippen molar-refractivity contribution in [3.63, 3.8) is 0 Å². The number of hydrogen-bond donors (Lipinski definition) is 1. The number of nitrogens with zero attached hydrogens (tertiary/aromatic N) is 2. The molecule has 7 nitrogen and oxygen atoms in total. The molecule has 0 bridgehead atoms. The van der Waals surface area contributed by atoms with Crippen LogP contribution in [0.15, 0.2) is 64.2 Å². The number of amides is 1. The molecule has 1 aliphatic heterocycles. The Balaban J connectivity index is 1.67. The quantitative estimate of drug-likeness (QED) is 0.688. The molecule has 7 heteroatoms. The Hall–Kier alpha value is -3.19. The lowest BCUT2D eigenvalue weighted by Crippen LogP contribution is -2.43. The largest absolute Gasteiger partial charge is 0.376 e. The van der Waals surface area contributed by atoms with Crippen molar-refractivity contribution in [2.75, 3.05) is 13.2 Å². The lowest BCUT2D eigenvalue weighted by molar-refractivity contribution is -0.122. The second-order valence-corrected chi connectivity index (χ2v) is 7.20. The summed E-state index contributed by atoms with van der Waals surface area (Å²) in [6, 6.07) is 16.2. The van der Waals surface area contributed by atoms with Gasteiger partial charge < -0.3 is 10.1 Å². The van der Waals surface area contributed by atoms with E-state index < -0.39 is 5.69 Å². The number of carbonyl (C=O) groups is 1. The highest BCUT2D eigenvalue weighted by Crippen LogP contribution is 2.11. The fourth-order valence-electron chi connectivity index (χ4n) is 3.66. The van der Waals surface area contributed by atoms with Crippen LogP contribution in [-0.4, -0.2) is 34.3 Å². The number of hydrogen-bond acceptors (Lipinski definition) is 4. The minimum Gasteiger partial charge on any atom is -0.376 e. The van der Waals surface area contributed by atoms with Crippen LogP contribution in [0, 0.1) is 0 Å². The predicted octanol–water partition coefficient (Wildman–Crippen LogP) is 1.51. The van der Waals surface area contributed by atoms with Crippen molar-refractivity contribution >= 4 is 16.8 Å². The van der Waals surface area contributed by atoms with Crippen LogP contribution in [0.2, 0.25) is 0 Å². The minimum atomic E-state index is -0.496. The Morgan fingerprint density at radius 1 is 1.03 bits per heavy atom. The van der Waals surface area contributed by atoms with Gasteiger partial charge in [-0.15, -0.1) is 0 Å². The molecule has 1 amide bonds. The fraction of sp³-hybridized carbons (Fsp3) is 0.318. The maximum absolute atomic E-state index is 13.1. The molecule has 3 aromatic rings. The Morgan fingerprint density at radius 3 is 2.55 bits per heavy atom. The minimum absolute atomic E-state index is 0.0273. The van der Waals surface area contributed by atoms with Crippen LogP contribution < -0.4 is 16.6 Å². The number of para-hydroxylation sites is 1. The molecule has 1 atom stereocenters. The predicted molar refractivity (Wildman–Crippen MR) is 110 cm³/mol. The van der Waals surface area contributed by atoms with Gasteiger partial charge in [0, 0.05) is 13.2 Å². The van der Waals surface area contributed by atoms with Gasteiger partial charge >= 0.3 is 5.69 Å². The number of ether oxygens (including phenoxy) is 1. The zero-order valence-corrected chi connectivity index (χ0v) is 16.0. The standard InChI is InChI=1S/C22H23N3O4/c26-20(23-13-17-9-6-12-29-17)15-24-19-11-5-4-10-18(19)21(27)25(22(24)28)14-16-7-2-1-3-8-16/h1-5,7-8,10-11,17H,6,9,12-15H2,(H,23,26). The average molecular weight is 393 g/mol. The van der Waals surface area contributed by atoms with Crippen molar-refractivity contribution in [1.82, 2.24) is 14.5 Å². The second kappa shape index (κ2) is 8.45. The first kappa shape index (κ1) is 19.1. The summed E-state index contributed by atoms with van der Waals surface area (Å²) in [4.78, 5) is 38.6. The SMILES string of the molecule is O=C(Cn1c(=O)n(Cc2ccccc2)c(=O)c2ccccc21)NCC1CCCO1. The zero-order valence-electron chi connectivity index (χ0n) is 16.0. The van der Waals surface area contributed by atoms with Crippen LogP contribution in [0.5, 0.6) is 0 Å². The molecule has 0 radical (unpaired) electrons. The topological polar surface area (TPSA) is 82.3 Å². The molecule has 1 unspecified atom stereocenters. The zero-order chi connectivity index (χ0) is 20.2. The molecular weight excluding hydrogens is 370 g/mol.